The van der Waals surface area contributed by atoms with Crippen LogP contribution in [0.5, 0.6) is 11.5 Å². The average Bonchev–Trinajstić information content (AvgIpc) is 2.49. The first kappa shape index (κ1) is 16.8. The Morgan fingerprint density at radius 2 is 2.17 bits per heavy atom. The number of rotatable bonds is 5. The summed E-state index contributed by atoms with van der Waals surface area (Å²) in [5.41, 5.74) is 5.23. The van der Waals surface area contributed by atoms with Gasteiger partial charge in [-0.25, -0.2) is 4.98 Å². The van der Waals surface area contributed by atoms with Crippen molar-refractivity contribution in [3.8, 4) is 11.5 Å². The Morgan fingerprint density at radius 3 is 2.78 bits per heavy atom. The minimum atomic E-state index is -0.754. The van der Waals surface area contributed by atoms with Gasteiger partial charge in [-0.05, 0) is 0 Å². The van der Waals surface area contributed by atoms with Crippen molar-refractivity contribution >= 4 is 41.2 Å². The number of nitrogens with one attached hydrogen (secondary N) is 3. The smallest absolute Gasteiger partial charge is 0.294 e. The third-order valence-electron chi connectivity index (χ3n) is 2.86. The fraction of sp³-hybridized carbons (Fsp3) is 0.167. The number of anilines is 2. The number of aromatic amines is 1. The molecule has 2 aromatic rings. The van der Waals surface area contributed by atoms with Gasteiger partial charge in [0.25, 0.3) is 5.56 Å². The molecule has 6 N–H and O–H groups in total. The molecular weight excluding hydrogens is 347 g/mol. The van der Waals surface area contributed by atoms with Gasteiger partial charge in [-0.3, -0.25) is 4.79 Å². The van der Waals surface area contributed by atoms with E-state index in [1.807, 2.05) is 0 Å². The second-order valence-corrected chi connectivity index (χ2v) is 5.00. The SMILES string of the molecule is COc1c(Cl)c(CNc2nc(N)nc(Cl)c2C=N)[nH]c(=O)c1O. The number of H-pyrrole nitrogens is 1. The van der Waals surface area contributed by atoms with Crippen molar-refractivity contribution in [3.63, 3.8) is 0 Å². The molecule has 2 rings (SSSR count). The molecule has 9 nitrogen and oxygen atoms in total. The molecule has 2 aromatic heterocycles. The lowest BCUT2D eigenvalue weighted by molar-refractivity contribution is 0.368. The van der Waals surface area contributed by atoms with Crippen molar-refractivity contribution in [2.75, 3.05) is 18.2 Å². The lowest BCUT2D eigenvalue weighted by atomic mass is 10.3. The van der Waals surface area contributed by atoms with Gasteiger partial charge < -0.3 is 31.3 Å². The van der Waals surface area contributed by atoms with E-state index in [1.165, 1.54) is 7.11 Å². The summed E-state index contributed by atoms with van der Waals surface area (Å²) in [7, 11) is 1.27. The van der Waals surface area contributed by atoms with E-state index >= 15 is 0 Å². The fourth-order valence-electron chi connectivity index (χ4n) is 1.80. The molecule has 0 aromatic carbocycles. The number of pyridine rings is 1. The second kappa shape index (κ2) is 6.71. The Balaban J connectivity index is 2.38. The van der Waals surface area contributed by atoms with Gasteiger partial charge in [-0.1, -0.05) is 23.2 Å². The maximum absolute atomic E-state index is 11.6. The molecule has 0 amide bonds. The zero-order chi connectivity index (χ0) is 17.1. The maximum atomic E-state index is 11.6. The minimum Gasteiger partial charge on any atom is -0.500 e. The summed E-state index contributed by atoms with van der Waals surface area (Å²) in [5.74, 6) is -0.636. The first-order valence-electron chi connectivity index (χ1n) is 6.14. The highest BCUT2D eigenvalue weighted by atomic mass is 35.5. The normalized spacial score (nSPS) is 10.4. The van der Waals surface area contributed by atoms with E-state index in [-0.39, 0.29) is 45.5 Å². The van der Waals surface area contributed by atoms with Crippen LogP contribution in [0, 0.1) is 5.41 Å². The Morgan fingerprint density at radius 1 is 1.48 bits per heavy atom. The van der Waals surface area contributed by atoms with Crippen LogP contribution in [0.25, 0.3) is 0 Å². The monoisotopic (exact) mass is 358 g/mol. The van der Waals surface area contributed by atoms with Gasteiger partial charge in [0.1, 0.15) is 16.0 Å². The number of nitrogen functional groups attached to an aromatic ring is 1. The van der Waals surface area contributed by atoms with Crippen LogP contribution in [0.1, 0.15) is 11.3 Å². The minimum absolute atomic E-state index is 0.0119. The number of methoxy groups -OCH3 is 1. The first-order valence-corrected chi connectivity index (χ1v) is 6.89. The summed E-state index contributed by atoms with van der Waals surface area (Å²) in [5, 5.41) is 19.8. The summed E-state index contributed by atoms with van der Waals surface area (Å²) in [6.45, 7) is 0.0122. The van der Waals surface area contributed by atoms with Crippen LogP contribution >= 0.6 is 23.2 Å². The molecule has 0 fully saturated rings. The fourth-order valence-corrected chi connectivity index (χ4v) is 2.31. The molecule has 23 heavy (non-hydrogen) atoms. The average molecular weight is 359 g/mol. The second-order valence-electron chi connectivity index (χ2n) is 4.26. The molecule has 0 saturated heterocycles. The van der Waals surface area contributed by atoms with Crippen molar-refractivity contribution < 1.29 is 9.84 Å². The van der Waals surface area contributed by atoms with Crippen LogP contribution in [0.4, 0.5) is 11.8 Å². The van der Waals surface area contributed by atoms with Gasteiger partial charge >= 0.3 is 0 Å². The number of hydrogen-bond acceptors (Lipinski definition) is 8. The number of nitrogens with zero attached hydrogens (tertiary/aromatic N) is 2. The molecule has 0 spiro atoms. The van der Waals surface area contributed by atoms with Crippen LogP contribution in [-0.2, 0) is 6.54 Å². The first-order chi connectivity index (χ1) is 10.9. The van der Waals surface area contributed by atoms with Crippen molar-refractivity contribution in [2.45, 2.75) is 6.54 Å². The summed E-state index contributed by atoms with van der Waals surface area (Å²) >= 11 is 11.9. The largest absolute Gasteiger partial charge is 0.500 e. The van der Waals surface area contributed by atoms with Crippen LogP contribution in [0.3, 0.4) is 0 Å². The quantitative estimate of drug-likeness (QED) is 0.400. The van der Waals surface area contributed by atoms with E-state index in [0.29, 0.717) is 0 Å². The van der Waals surface area contributed by atoms with Gasteiger partial charge in [-0.2, -0.15) is 4.98 Å². The Hall–Kier alpha value is -2.52. The predicted molar refractivity (Wildman–Crippen MR) is 87.0 cm³/mol. The summed E-state index contributed by atoms with van der Waals surface area (Å²) in [4.78, 5) is 21.7. The number of nitrogens with two attached hydrogens (primary N) is 1. The van der Waals surface area contributed by atoms with Crippen molar-refractivity contribution in [1.29, 1.82) is 5.41 Å². The number of aromatic nitrogens is 3. The number of ether oxygens (including phenoxy) is 1. The van der Waals surface area contributed by atoms with Gasteiger partial charge in [-0.15, -0.1) is 0 Å². The Labute approximate surface area is 139 Å². The molecule has 122 valence electrons. The van der Waals surface area contributed by atoms with E-state index < -0.39 is 11.3 Å². The van der Waals surface area contributed by atoms with Crippen LogP contribution in [0.15, 0.2) is 4.79 Å². The molecule has 0 radical (unpaired) electrons. The van der Waals surface area contributed by atoms with E-state index in [2.05, 4.69) is 20.3 Å². The Bertz CT molecular complexity index is 823. The van der Waals surface area contributed by atoms with E-state index in [0.717, 1.165) is 6.21 Å². The van der Waals surface area contributed by atoms with Crippen molar-refractivity contribution in [2.24, 2.45) is 0 Å². The molecule has 0 unspecified atom stereocenters. The summed E-state index contributed by atoms with van der Waals surface area (Å²) in [6.07, 6.45) is 0.964. The molecule has 0 aliphatic heterocycles. The molecular formula is C12H12Cl2N6O3. The van der Waals surface area contributed by atoms with E-state index in [1.54, 1.807) is 0 Å². The van der Waals surface area contributed by atoms with Crippen LogP contribution in [0.2, 0.25) is 10.2 Å². The number of halogens is 2. The van der Waals surface area contributed by atoms with Gasteiger partial charge in [0.05, 0.1) is 24.9 Å². The Kier molecular flexibility index (Phi) is 4.92. The lowest BCUT2D eigenvalue weighted by Gasteiger charge is -2.13. The molecule has 11 heteroatoms. The van der Waals surface area contributed by atoms with Gasteiger partial charge in [0, 0.05) is 6.21 Å². The molecule has 0 atom stereocenters. The number of hydrogen-bond donors (Lipinski definition) is 5. The summed E-state index contributed by atoms with van der Waals surface area (Å²) in [6, 6.07) is 0. The summed E-state index contributed by atoms with van der Waals surface area (Å²) < 4.78 is 4.90. The van der Waals surface area contributed by atoms with Crippen molar-refractivity contribution in [1.82, 2.24) is 15.0 Å². The molecule has 2 heterocycles. The van der Waals surface area contributed by atoms with Gasteiger partial charge in [0.2, 0.25) is 11.7 Å². The molecule has 0 aliphatic rings. The van der Waals surface area contributed by atoms with E-state index in [4.69, 9.17) is 39.1 Å². The maximum Gasteiger partial charge on any atom is 0.294 e. The molecule has 0 aliphatic carbocycles. The standard InChI is InChI=1S/C12H12Cl2N6O3/c1-23-8-6(13)5(18-11(22)7(8)21)3-17-10-4(2-15)9(14)19-12(16)20-10/h2,15,21H,3H2,1H3,(H,18,22)(H3,16,17,19,20). The number of aromatic hydroxyl groups is 1. The highest BCUT2D eigenvalue weighted by Crippen LogP contribution is 2.33. The lowest BCUT2D eigenvalue weighted by Crippen LogP contribution is -2.15. The van der Waals surface area contributed by atoms with E-state index in [9.17, 15) is 9.90 Å². The zero-order valence-corrected chi connectivity index (χ0v) is 13.3. The molecule has 0 saturated carbocycles. The van der Waals surface area contributed by atoms with Crippen LogP contribution < -0.4 is 21.3 Å². The van der Waals surface area contributed by atoms with Crippen molar-refractivity contribution in [3.05, 3.63) is 31.8 Å². The topological polar surface area (TPSA) is 150 Å². The highest BCUT2D eigenvalue weighted by molar-refractivity contribution is 6.33. The van der Waals surface area contributed by atoms with Crippen LogP contribution in [-0.4, -0.2) is 33.4 Å². The van der Waals surface area contributed by atoms with Gasteiger partial charge in [0.15, 0.2) is 5.75 Å². The molecule has 0 bridgehead atoms. The highest BCUT2D eigenvalue weighted by Gasteiger charge is 2.17. The predicted octanol–water partition coefficient (Wildman–Crippen LogP) is 1.38. The zero-order valence-electron chi connectivity index (χ0n) is 11.8. The third kappa shape index (κ3) is 3.30. The third-order valence-corrected chi connectivity index (χ3v) is 3.54.